The summed E-state index contributed by atoms with van der Waals surface area (Å²) < 4.78 is 10.5. The average molecular weight is 280 g/mol. The molecule has 0 unspecified atom stereocenters. The average Bonchev–Trinajstić information content (AvgIpc) is 2.34. The van der Waals surface area contributed by atoms with E-state index in [0.717, 1.165) is 6.42 Å². The first-order valence-corrected chi connectivity index (χ1v) is 9.75. The lowest BCUT2D eigenvalue weighted by Gasteiger charge is -2.18. The van der Waals surface area contributed by atoms with E-state index in [4.69, 9.17) is 9.16 Å². The van der Waals surface area contributed by atoms with Crippen molar-refractivity contribution in [2.24, 2.45) is 0 Å². The summed E-state index contributed by atoms with van der Waals surface area (Å²) in [4.78, 5) is 23.9. The number of esters is 1. The van der Waals surface area contributed by atoms with Gasteiger partial charge in [-0.25, -0.2) is 9.59 Å². The molecular formula is C14H20O4Si. The third-order valence-electron chi connectivity index (χ3n) is 2.20. The smallest absolute Gasteiger partial charge is 0.339 e. The van der Waals surface area contributed by atoms with Crippen LogP contribution in [0.15, 0.2) is 24.3 Å². The number of ether oxygens (including phenoxy) is 1. The fraction of sp³-hybridized carbons (Fsp3) is 0.429. The summed E-state index contributed by atoms with van der Waals surface area (Å²) >= 11 is 0. The van der Waals surface area contributed by atoms with Crippen molar-refractivity contribution in [1.82, 2.24) is 0 Å². The highest BCUT2D eigenvalue weighted by Gasteiger charge is 2.24. The van der Waals surface area contributed by atoms with Crippen LogP contribution in [0.5, 0.6) is 0 Å². The number of hydrogen-bond donors (Lipinski definition) is 0. The number of carbonyl (C=O) groups is 2. The molecule has 0 spiro atoms. The van der Waals surface area contributed by atoms with Gasteiger partial charge in [0.05, 0.1) is 17.7 Å². The maximum absolute atomic E-state index is 12.1. The second-order valence-corrected chi connectivity index (χ2v) is 9.61. The Bertz CT molecular complexity index is 463. The molecule has 0 aliphatic carbocycles. The molecule has 0 saturated heterocycles. The van der Waals surface area contributed by atoms with E-state index < -0.39 is 20.3 Å². The Balaban J connectivity index is 2.95. The SMILES string of the molecule is CCCOC(=O)c1ccccc1C(=O)O[Si](C)(C)C. The van der Waals surface area contributed by atoms with Crippen molar-refractivity contribution in [3.63, 3.8) is 0 Å². The summed E-state index contributed by atoms with van der Waals surface area (Å²) in [6.45, 7) is 8.02. The van der Waals surface area contributed by atoms with Crippen LogP contribution in [-0.4, -0.2) is 26.9 Å². The highest BCUT2D eigenvalue weighted by molar-refractivity contribution is 6.71. The molecule has 0 bridgehead atoms. The van der Waals surface area contributed by atoms with Crippen molar-refractivity contribution in [2.75, 3.05) is 6.61 Å². The third-order valence-corrected chi connectivity index (χ3v) is 3.00. The minimum absolute atomic E-state index is 0.263. The molecule has 1 aromatic rings. The van der Waals surface area contributed by atoms with Crippen molar-refractivity contribution in [3.8, 4) is 0 Å². The summed E-state index contributed by atoms with van der Waals surface area (Å²) in [5.41, 5.74) is 0.533. The van der Waals surface area contributed by atoms with Crippen molar-refractivity contribution >= 4 is 20.3 Å². The van der Waals surface area contributed by atoms with Gasteiger partial charge in [-0.3, -0.25) is 0 Å². The molecule has 0 radical (unpaired) electrons. The van der Waals surface area contributed by atoms with Crippen LogP contribution in [0, 0.1) is 0 Å². The van der Waals surface area contributed by atoms with Gasteiger partial charge in [0.1, 0.15) is 0 Å². The molecule has 104 valence electrons. The fourth-order valence-electron chi connectivity index (χ4n) is 1.44. The molecule has 0 aliphatic heterocycles. The highest BCUT2D eigenvalue weighted by atomic mass is 28.4. The van der Waals surface area contributed by atoms with Crippen LogP contribution in [0.1, 0.15) is 34.1 Å². The van der Waals surface area contributed by atoms with Crippen molar-refractivity contribution in [1.29, 1.82) is 0 Å². The second-order valence-electron chi connectivity index (χ2n) is 5.18. The minimum Gasteiger partial charge on any atom is -0.516 e. The van der Waals surface area contributed by atoms with E-state index in [0.29, 0.717) is 6.61 Å². The van der Waals surface area contributed by atoms with E-state index in [1.165, 1.54) is 0 Å². The van der Waals surface area contributed by atoms with E-state index >= 15 is 0 Å². The largest absolute Gasteiger partial charge is 0.516 e. The molecule has 0 heterocycles. The van der Waals surface area contributed by atoms with Gasteiger partial charge in [-0.1, -0.05) is 19.1 Å². The Morgan fingerprint density at radius 3 is 2.05 bits per heavy atom. The Labute approximate surface area is 114 Å². The summed E-state index contributed by atoms with van der Waals surface area (Å²) in [5, 5.41) is 0. The first-order chi connectivity index (χ1) is 8.85. The molecule has 0 N–H and O–H groups in total. The van der Waals surface area contributed by atoms with Crippen LogP contribution < -0.4 is 0 Å². The zero-order valence-corrected chi connectivity index (χ0v) is 12.9. The predicted molar refractivity (Wildman–Crippen MR) is 75.8 cm³/mol. The molecule has 1 aromatic carbocycles. The monoisotopic (exact) mass is 280 g/mol. The van der Waals surface area contributed by atoms with Gasteiger partial charge < -0.3 is 9.16 Å². The zero-order chi connectivity index (χ0) is 14.5. The van der Waals surface area contributed by atoms with E-state index in [-0.39, 0.29) is 11.1 Å². The Morgan fingerprint density at radius 1 is 1.05 bits per heavy atom. The van der Waals surface area contributed by atoms with E-state index in [1.807, 2.05) is 26.6 Å². The first kappa shape index (κ1) is 15.4. The van der Waals surface area contributed by atoms with E-state index in [1.54, 1.807) is 24.3 Å². The predicted octanol–water partition coefficient (Wildman–Crippen LogP) is 3.25. The molecule has 19 heavy (non-hydrogen) atoms. The van der Waals surface area contributed by atoms with Gasteiger partial charge >= 0.3 is 11.9 Å². The molecule has 1 rings (SSSR count). The first-order valence-electron chi connectivity index (χ1n) is 6.34. The van der Waals surface area contributed by atoms with Crippen LogP contribution >= 0.6 is 0 Å². The van der Waals surface area contributed by atoms with Crippen LogP contribution in [0.3, 0.4) is 0 Å². The topological polar surface area (TPSA) is 52.6 Å². The molecule has 0 aromatic heterocycles. The summed E-state index contributed by atoms with van der Waals surface area (Å²) in [5.74, 6) is -0.937. The maximum atomic E-state index is 12.1. The Hall–Kier alpha value is -1.62. The quantitative estimate of drug-likeness (QED) is 0.613. The molecular weight excluding hydrogens is 260 g/mol. The van der Waals surface area contributed by atoms with Crippen LogP contribution in [0.4, 0.5) is 0 Å². The third kappa shape index (κ3) is 4.87. The number of rotatable bonds is 5. The van der Waals surface area contributed by atoms with Gasteiger partial charge in [0.15, 0.2) is 0 Å². The molecule has 0 aliphatic rings. The minimum atomic E-state index is -1.99. The lowest BCUT2D eigenvalue weighted by molar-refractivity contribution is 0.0496. The lowest BCUT2D eigenvalue weighted by atomic mass is 10.1. The summed E-state index contributed by atoms with van der Waals surface area (Å²) in [7, 11) is -1.99. The van der Waals surface area contributed by atoms with Crippen molar-refractivity contribution in [2.45, 2.75) is 33.0 Å². The van der Waals surface area contributed by atoms with Crippen LogP contribution in [0.2, 0.25) is 19.6 Å². The van der Waals surface area contributed by atoms with E-state index in [9.17, 15) is 9.59 Å². The summed E-state index contributed by atoms with van der Waals surface area (Å²) in [6.07, 6.45) is 0.743. The molecule has 4 nitrogen and oxygen atoms in total. The summed E-state index contributed by atoms with van der Waals surface area (Å²) in [6, 6.07) is 6.58. The zero-order valence-electron chi connectivity index (χ0n) is 11.9. The molecule has 5 heteroatoms. The van der Waals surface area contributed by atoms with Crippen molar-refractivity contribution < 1.29 is 18.8 Å². The van der Waals surface area contributed by atoms with Gasteiger partial charge in [-0.05, 0) is 38.2 Å². The second kappa shape index (κ2) is 6.52. The van der Waals surface area contributed by atoms with Gasteiger partial charge in [-0.2, -0.15) is 0 Å². The van der Waals surface area contributed by atoms with Crippen molar-refractivity contribution in [3.05, 3.63) is 35.4 Å². The maximum Gasteiger partial charge on any atom is 0.339 e. The standard InChI is InChI=1S/C14H20O4Si/c1-5-10-17-13(15)11-8-6-7-9-12(11)14(16)18-19(2,3)4/h6-9H,5,10H2,1-4H3. The van der Waals surface area contributed by atoms with Gasteiger partial charge in [0.25, 0.3) is 0 Å². The molecule has 0 atom stereocenters. The van der Waals surface area contributed by atoms with Gasteiger partial charge in [0.2, 0.25) is 8.32 Å². The highest BCUT2D eigenvalue weighted by Crippen LogP contribution is 2.15. The Morgan fingerprint density at radius 2 is 1.58 bits per heavy atom. The number of hydrogen-bond acceptors (Lipinski definition) is 4. The lowest BCUT2D eigenvalue weighted by Crippen LogP contribution is -2.30. The fourth-order valence-corrected chi connectivity index (χ4v) is 2.11. The molecule has 0 saturated carbocycles. The molecule has 0 fully saturated rings. The van der Waals surface area contributed by atoms with Crippen LogP contribution in [0.25, 0.3) is 0 Å². The normalized spacial score (nSPS) is 10.9. The number of carbonyl (C=O) groups excluding carboxylic acids is 2. The Kier molecular flexibility index (Phi) is 5.29. The van der Waals surface area contributed by atoms with Crippen LogP contribution in [-0.2, 0) is 9.16 Å². The number of benzene rings is 1. The van der Waals surface area contributed by atoms with Gasteiger partial charge in [-0.15, -0.1) is 0 Å². The van der Waals surface area contributed by atoms with E-state index in [2.05, 4.69) is 0 Å². The van der Waals surface area contributed by atoms with Gasteiger partial charge in [0, 0.05) is 0 Å². The molecule has 0 amide bonds.